The van der Waals surface area contributed by atoms with Crippen LogP contribution in [0.25, 0.3) is 0 Å². The summed E-state index contributed by atoms with van der Waals surface area (Å²) in [5.41, 5.74) is 2.21. The summed E-state index contributed by atoms with van der Waals surface area (Å²) in [7, 11) is 0. The Kier molecular flexibility index (Phi) is 6.73. The van der Waals surface area contributed by atoms with Gasteiger partial charge in [0.1, 0.15) is 5.82 Å². The van der Waals surface area contributed by atoms with Crippen LogP contribution in [-0.2, 0) is 11.3 Å². The molecule has 0 spiro atoms. The fourth-order valence-corrected chi connectivity index (χ4v) is 4.32. The van der Waals surface area contributed by atoms with E-state index in [1.165, 1.54) is 11.6 Å². The molecule has 0 saturated carbocycles. The van der Waals surface area contributed by atoms with E-state index in [-0.39, 0.29) is 29.6 Å². The zero-order chi connectivity index (χ0) is 20.3. The summed E-state index contributed by atoms with van der Waals surface area (Å²) in [6.07, 6.45) is 0. The third kappa shape index (κ3) is 5.12. The molecule has 1 amide bonds. The molecular formula is C23H28ClFN2O. The molecule has 1 aliphatic heterocycles. The predicted molar refractivity (Wildman–Crippen MR) is 112 cm³/mol. The van der Waals surface area contributed by atoms with Gasteiger partial charge in [-0.15, -0.1) is 0 Å². The molecule has 1 heterocycles. The van der Waals surface area contributed by atoms with Crippen LogP contribution in [0.4, 0.5) is 4.39 Å². The lowest BCUT2D eigenvalue weighted by Gasteiger charge is -2.30. The lowest BCUT2D eigenvalue weighted by atomic mass is 9.88. The molecule has 5 heteroatoms. The summed E-state index contributed by atoms with van der Waals surface area (Å²) in [5, 5.41) is 0.731. The molecule has 3 rings (SSSR count). The second-order valence-corrected chi connectivity index (χ2v) is 8.44. The summed E-state index contributed by atoms with van der Waals surface area (Å²) < 4.78 is 13.9. The van der Waals surface area contributed by atoms with Crippen LogP contribution in [-0.4, -0.2) is 41.4 Å². The van der Waals surface area contributed by atoms with E-state index < -0.39 is 0 Å². The van der Waals surface area contributed by atoms with Crippen molar-refractivity contribution in [3.8, 4) is 0 Å². The van der Waals surface area contributed by atoms with Crippen molar-refractivity contribution in [3.63, 3.8) is 0 Å². The number of hydrogen-bond donors (Lipinski definition) is 0. The maximum Gasteiger partial charge on any atom is 0.219 e. The van der Waals surface area contributed by atoms with Gasteiger partial charge in [-0.25, -0.2) is 4.39 Å². The standard InChI is InChI=1S/C23H28ClFN2O/c1-16(2)27(17(3)28)14-20-13-26(12-18-7-9-21(24)10-8-18)15-23(20)19-5-4-6-22(25)11-19/h4-11,16,20,23H,12-15H2,1-3H3/t20-,23+/m1/s1. The smallest absolute Gasteiger partial charge is 0.219 e. The highest BCUT2D eigenvalue weighted by Gasteiger charge is 2.36. The Morgan fingerprint density at radius 1 is 1.21 bits per heavy atom. The normalized spacial score (nSPS) is 19.9. The second kappa shape index (κ2) is 9.06. The number of nitrogens with zero attached hydrogens (tertiary/aromatic N) is 2. The molecule has 2 aromatic carbocycles. The van der Waals surface area contributed by atoms with Gasteiger partial charge >= 0.3 is 0 Å². The summed E-state index contributed by atoms with van der Waals surface area (Å²) in [6.45, 7) is 8.93. The number of hydrogen-bond acceptors (Lipinski definition) is 2. The van der Waals surface area contributed by atoms with Gasteiger partial charge in [-0.05, 0) is 55.2 Å². The van der Waals surface area contributed by atoms with Gasteiger partial charge in [0.25, 0.3) is 0 Å². The van der Waals surface area contributed by atoms with Crippen molar-refractivity contribution in [1.82, 2.24) is 9.80 Å². The number of likely N-dealkylation sites (tertiary alicyclic amines) is 1. The first kappa shape index (κ1) is 20.8. The van der Waals surface area contributed by atoms with Crippen molar-refractivity contribution in [2.45, 2.75) is 39.3 Å². The van der Waals surface area contributed by atoms with Gasteiger partial charge in [0, 0.05) is 50.1 Å². The fraction of sp³-hybridized carbons (Fsp3) is 0.435. The summed E-state index contributed by atoms with van der Waals surface area (Å²) in [6, 6.07) is 14.9. The average molecular weight is 403 g/mol. The third-order valence-corrected chi connectivity index (χ3v) is 5.82. The van der Waals surface area contributed by atoms with Gasteiger partial charge in [-0.2, -0.15) is 0 Å². The molecule has 1 saturated heterocycles. The van der Waals surface area contributed by atoms with E-state index in [0.717, 1.165) is 30.2 Å². The Morgan fingerprint density at radius 2 is 1.93 bits per heavy atom. The van der Waals surface area contributed by atoms with Crippen LogP contribution in [0, 0.1) is 11.7 Å². The quantitative estimate of drug-likeness (QED) is 0.682. The van der Waals surface area contributed by atoms with Gasteiger partial charge in [0.05, 0.1) is 0 Å². The molecule has 1 fully saturated rings. The minimum atomic E-state index is -0.209. The Labute approximate surface area is 172 Å². The van der Waals surface area contributed by atoms with E-state index in [9.17, 15) is 9.18 Å². The molecule has 0 aromatic heterocycles. The van der Waals surface area contributed by atoms with E-state index >= 15 is 0 Å². The number of benzene rings is 2. The molecule has 0 unspecified atom stereocenters. The summed E-state index contributed by atoms with van der Waals surface area (Å²) in [4.78, 5) is 16.4. The van der Waals surface area contributed by atoms with E-state index in [1.807, 2.05) is 49.1 Å². The lowest BCUT2D eigenvalue weighted by Crippen LogP contribution is -2.40. The van der Waals surface area contributed by atoms with E-state index in [4.69, 9.17) is 11.6 Å². The van der Waals surface area contributed by atoms with Gasteiger partial charge < -0.3 is 4.90 Å². The predicted octanol–water partition coefficient (Wildman–Crippen LogP) is 4.95. The molecule has 1 aliphatic rings. The SMILES string of the molecule is CC(=O)N(C[C@H]1CN(Cc2ccc(Cl)cc2)C[C@H]1c1cccc(F)c1)C(C)C. The van der Waals surface area contributed by atoms with Crippen LogP contribution in [0.3, 0.4) is 0 Å². The Bertz CT molecular complexity index is 809. The first-order valence-corrected chi connectivity index (χ1v) is 10.2. The molecule has 3 nitrogen and oxygen atoms in total. The van der Waals surface area contributed by atoms with Crippen molar-refractivity contribution in [2.75, 3.05) is 19.6 Å². The highest BCUT2D eigenvalue weighted by atomic mass is 35.5. The largest absolute Gasteiger partial charge is 0.340 e. The number of carbonyl (C=O) groups is 1. The van der Waals surface area contributed by atoms with Crippen molar-refractivity contribution in [1.29, 1.82) is 0 Å². The zero-order valence-electron chi connectivity index (χ0n) is 16.7. The molecular weight excluding hydrogens is 375 g/mol. The number of halogens is 2. The van der Waals surface area contributed by atoms with Crippen LogP contribution in [0.15, 0.2) is 48.5 Å². The van der Waals surface area contributed by atoms with Gasteiger partial charge in [-0.1, -0.05) is 35.9 Å². The molecule has 0 aliphatic carbocycles. The van der Waals surface area contributed by atoms with E-state index in [0.29, 0.717) is 6.54 Å². The molecule has 2 aromatic rings. The van der Waals surface area contributed by atoms with Crippen LogP contribution < -0.4 is 0 Å². The fourth-order valence-electron chi connectivity index (χ4n) is 4.19. The van der Waals surface area contributed by atoms with Gasteiger partial charge in [0.15, 0.2) is 0 Å². The highest BCUT2D eigenvalue weighted by molar-refractivity contribution is 6.30. The third-order valence-electron chi connectivity index (χ3n) is 5.57. The maximum atomic E-state index is 13.9. The monoisotopic (exact) mass is 402 g/mol. The number of rotatable bonds is 6. The zero-order valence-corrected chi connectivity index (χ0v) is 17.5. The summed E-state index contributed by atoms with van der Waals surface area (Å²) in [5.74, 6) is 0.341. The Hall–Kier alpha value is -1.91. The molecule has 0 N–H and O–H groups in total. The topological polar surface area (TPSA) is 23.6 Å². The van der Waals surface area contributed by atoms with Crippen molar-refractivity contribution < 1.29 is 9.18 Å². The molecule has 2 atom stereocenters. The average Bonchev–Trinajstić information content (AvgIpc) is 3.03. The lowest BCUT2D eigenvalue weighted by molar-refractivity contribution is -0.131. The molecule has 28 heavy (non-hydrogen) atoms. The molecule has 0 bridgehead atoms. The maximum absolute atomic E-state index is 13.9. The minimum Gasteiger partial charge on any atom is -0.340 e. The van der Waals surface area contributed by atoms with E-state index in [2.05, 4.69) is 4.90 Å². The Balaban J connectivity index is 1.81. The van der Waals surface area contributed by atoms with Crippen LogP contribution in [0.1, 0.15) is 37.8 Å². The van der Waals surface area contributed by atoms with Gasteiger partial charge in [0.2, 0.25) is 5.91 Å². The first-order valence-electron chi connectivity index (χ1n) is 9.83. The Morgan fingerprint density at radius 3 is 2.54 bits per heavy atom. The number of carbonyl (C=O) groups excluding carboxylic acids is 1. The first-order chi connectivity index (χ1) is 13.3. The van der Waals surface area contributed by atoms with Crippen LogP contribution in [0.5, 0.6) is 0 Å². The minimum absolute atomic E-state index is 0.0872. The van der Waals surface area contributed by atoms with Crippen LogP contribution >= 0.6 is 11.6 Å². The van der Waals surface area contributed by atoms with Crippen molar-refractivity contribution in [3.05, 3.63) is 70.5 Å². The second-order valence-electron chi connectivity index (χ2n) is 8.01. The van der Waals surface area contributed by atoms with Gasteiger partial charge in [-0.3, -0.25) is 9.69 Å². The van der Waals surface area contributed by atoms with Crippen molar-refractivity contribution >= 4 is 17.5 Å². The van der Waals surface area contributed by atoms with Crippen LogP contribution in [0.2, 0.25) is 5.02 Å². The molecule has 0 radical (unpaired) electrons. The number of amides is 1. The highest BCUT2D eigenvalue weighted by Crippen LogP contribution is 2.35. The molecule has 150 valence electrons. The van der Waals surface area contributed by atoms with Crippen molar-refractivity contribution in [2.24, 2.45) is 5.92 Å². The summed E-state index contributed by atoms with van der Waals surface area (Å²) >= 11 is 6.00. The van der Waals surface area contributed by atoms with E-state index in [1.54, 1.807) is 19.1 Å².